The number of nitrogens with two attached hydrogens (primary N) is 1. The van der Waals surface area contributed by atoms with Crippen molar-refractivity contribution in [3.63, 3.8) is 0 Å². The number of thiazole rings is 1. The average Bonchev–Trinajstić information content (AvgIpc) is 3.26. The Balaban J connectivity index is 1.54. The molecular weight excluding hydrogens is 447 g/mol. The Hall–Kier alpha value is -3.18. The first-order valence-corrected chi connectivity index (χ1v) is 11.8. The molecule has 1 aliphatic heterocycles. The Kier molecular flexibility index (Phi) is 6.86. The standard InChI is InChI=1S/C22H19FN6OS2/c1-26-19-18(17-4-2-3-9-30-17)16(10-24)21(29-20(19)25)31-11-15-12-32-22(28-15)27-14-7-5-13(23)6-8-14/h5-8,12,17H,2-4,9,11H2,(H2,25,29)(H,27,28). The summed E-state index contributed by atoms with van der Waals surface area (Å²) < 4.78 is 18.9. The molecule has 1 unspecified atom stereocenters. The van der Waals surface area contributed by atoms with Crippen LogP contribution in [0.1, 0.15) is 42.2 Å². The molecule has 4 rings (SSSR count). The molecule has 162 valence electrons. The number of anilines is 3. The number of thioether (sulfide) groups is 1. The maximum absolute atomic E-state index is 13.1. The van der Waals surface area contributed by atoms with Gasteiger partial charge < -0.3 is 15.8 Å². The number of nitrogens with zero attached hydrogens (tertiary/aromatic N) is 4. The fraction of sp³-hybridized carbons (Fsp3) is 0.273. The van der Waals surface area contributed by atoms with E-state index in [9.17, 15) is 9.65 Å². The van der Waals surface area contributed by atoms with Gasteiger partial charge in [0.05, 0.1) is 23.9 Å². The molecule has 0 bridgehead atoms. The molecule has 0 radical (unpaired) electrons. The summed E-state index contributed by atoms with van der Waals surface area (Å²) in [4.78, 5) is 12.4. The summed E-state index contributed by atoms with van der Waals surface area (Å²) >= 11 is 2.78. The Bertz CT molecular complexity index is 1190. The van der Waals surface area contributed by atoms with Crippen molar-refractivity contribution < 1.29 is 9.13 Å². The van der Waals surface area contributed by atoms with Crippen LogP contribution < -0.4 is 11.1 Å². The summed E-state index contributed by atoms with van der Waals surface area (Å²) in [6.45, 7) is 8.12. The van der Waals surface area contributed by atoms with Gasteiger partial charge in [-0.05, 0) is 43.5 Å². The van der Waals surface area contributed by atoms with Crippen LogP contribution in [0.25, 0.3) is 4.85 Å². The molecule has 3 N–H and O–H groups in total. The molecule has 32 heavy (non-hydrogen) atoms. The number of rotatable bonds is 6. The molecule has 3 heterocycles. The van der Waals surface area contributed by atoms with Gasteiger partial charge in [0.1, 0.15) is 22.7 Å². The normalized spacial score (nSPS) is 15.7. The van der Waals surface area contributed by atoms with E-state index < -0.39 is 0 Å². The summed E-state index contributed by atoms with van der Waals surface area (Å²) in [6.07, 6.45) is 2.36. The van der Waals surface area contributed by atoms with Crippen molar-refractivity contribution in [3.8, 4) is 6.07 Å². The van der Waals surface area contributed by atoms with E-state index in [1.54, 1.807) is 12.1 Å². The van der Waals surface area contributed by atoms with Crippen molar-refractivity contribution in [2.75, 3.05) is 17.7 Å². The van der Waals surface area contributed by atoms with Crippen LogP contribution in [0.4, 0.5) is 26.7 Å². The van der Waals surface area contributed by atoms with E-state index in [2.05, 4.69) is 26.2 Å². The molecule has 1 atom stereocenters. The molecule has 0 spiro atoms. The van der Waals surface area contributed by atoms with Crippen molar-refractivity contribution in [2.45, 2.75) is 36.1 Å². The van der Waals surface area contributed by atoms with Crippen LogP contribution in [0.5, 0.6) is 0 Å². The molecule has 2 aromatic heterocycles. The number of nitrogen functional groups attached to an aromatic ring is 1. The highest BCUT2D eigenvalue weighted by atomic mass is 32.2. The molecule has 0 aliphatic carbocycles. The molecule has 1 aliphatic rings. The van der Waals surface area contributed by atoms with Crippen molar-refractivity contribution in [1.29, 1.82) is 5.26 Å². The quantitative estimate of drug-likeness (QED) is 0.341. The van der Waals surface area contributed by atoms with Crippen molar-refractivity contribution in [3.05, 3.63) is 63.7 Å². The number of hydrogen-bond acceptors (Lipinski definition) is 8. The summed E-state index contributed by atoms with van der Waals surface area (Å²) in [5.41, 5.74) is 8.73. The summed E-state index contributed by atoms with van der Waals surface area (Å²) in [6, 6.07) is 8.27. The van der Waals surface area contributed by atoms with Gasteiger partial charge in [-0.3, -0.25) is 0 Å². The fourth-order valence-electron chi connectivity index (χ4n) is 3.43. The van der Waals surface area contributed by atoms with Crippen LogP contribution in [0.3, 0.4) is 0 Å². The molecule has 0 saturated carbocycles. The Labute approximate surface area is 193 Å². The van der Waals surface area contributed by atoms with Gasteiger partial charge in [-0.15, -0.1) is 11.3 Å². The van der Waals surface area contributed by atoms with Gasteiger partial charge in [-0.25, -0.2) is 19.2 Å². The van der Waals surface area contributed by atoms with Gasteiger partial charge >= 0.3 is 0 Å². The Morgan fingerprint density at radius 2 is 2.16 bits per heavy atom. The van der Waals surface area contributed by atoms with Crippen LogP contribution in [0.15, 0.2) is 34.7 Å². The van der Waals surface area contributed by atoms with Gasteiger partial charge in [0.2, 0.25) is 5.69 Å². The number of halogens is 1. The SMILES string of the molecule is [C-]#[N+]c1c(N)nc(SCc2csc(Nc3ccc(F)cc3)n2)c(C#N)c1C1CCCCO1. The third kappa shape index (κ3) is 4.83. The van der Waals surface area contributed by atoms with Crippen molar-refractivity contribution >= 4 is 45.4 Å². The van der Waals surface area contributed by atoms with E-state index in [1.807, 2.05) is 5.38 Å². The zero-order valence-electron chi connectivity index (χ0n) is 17.0. The van der Waals surface area contributed by atoms with Gasteiger partial charge in [-0.1, -0.05) is 11.8 Å². The van der Waals surface area contributed by atoms with Crippen LogP contribution in [0.2, 0.25) is 0 Å². The minimum absolute atomic E-state index is 0.114. The van der Waals surface area contributed by atoms with Gasteiger partial charge in [0.25, 0.3) is 0 Å². The van der Waals surface area contributed by atoms with Gasteiger partial charge in [0.15, 0.2) is 5.13 Å². The monoisotopic (exact) mass is 466 g/mol. The molecule has 7 nitrogen and oxygen atoms in total. The van der Waals surface area contributed by atoms with E-state index in [0.717, 1.165) is 30.6 Å². The largest absolute Gasteiger partial charge is 0.392 e. The van der Waals surface area contributed by atoms with E-state index in [4.69, 9.17) is 17.0 Å². The Morgan fingerprint density at radius 3 is 2.84 bits per heavy atom. The first kappa shape index (κ1) is 22.0. The van der Waals surface area contributed by atoms with E-state index in [-0.39, 0.29) is 23.4 Å². The second-order valence-electron chi connectivity index (χ2n) is 7.08. The first-order valence-electron chi connectivity index (χ1n) is 9.91. The minimum atomic E-state index is -0.321. The fourth-order valence-corrected chi connectivity index (χ4v) is 5.16. The predicted molar refractivity (Wildman–Crippen MR) is 124 cm³/mol. The lowest BCUT2D eigenvalue weighted by molar-refractivity contribution is 0.0151. The van der Waals surface area contributed by atoms with Gasteiger partial charge in [0, 0.05) is 29.0 Å². The maximum atomic E-state index is 13.1. The van der Waals surface area contributed by atoms with Crippen LogP contribution in [0, 0.1) is 23.7 Å². The van der Waals surface area contributed by atoms with Crippen molar-refractivity contribution in [2.24, 2.45) is 0 Å². The molecule has 0 amide bonds. The number of nitriles is 1. The topological polar surface area (TPSA) is 101 Å². The summed E-state index contributed by atoms with van der Waals surface area (Å²) in [5, 5.41) is 16.1. The highest BCUT2D eigenvalue weighted by molar-refractivity contribution is 7.98. The number of benzene rings is 1. The van der Waals surface area contributed by atoms with Crippen LogP contribution in [-0.4, -0.2) is 16.6 Å². The van der Waals surface area contributed by atoms with Crippen LogP contribution in [-0.2, 0) is 10.5 Å². The molecule has 3 aromatic rings. The molecule has 1 aromatic carbocycles. The third-order valence-electron chi connectivity index (χ3n) is 4.93. The average molecular weight is 467 g/mol. The summed E-state index contributed by atoms with van der Waals surface area (Å²) in [5.74, 6) is 0.294. The van der Waals surface area contributed by atoms with E-state index >= 15 is 0 Å². The molecule has 1 fully saturated rings. The number of ether oxygens (including phenoxy) is 1. The molecule has 10 heteroatoms. The molecule has 1 saturated heterocycles. The lowest BCUT2D eigenvalue weighted by Gasteiger charge is -2.25. The first-order chi connectivity index (χ1) is 15.6. The second-order valence-corrected chi connectivity index (χ2v) is 8.91. The zero-order valence-corrected chi connectivity index (χ0v) is 18.6. The maximum Gasteiger partial charge on any atom is 0.235 e. The number of aromatic nitrogens is 2. The minimum Gasteiger partial charge on any atom is -0.392 e. The molecular formula is C22H19FN6OS2. The lowest BCUT2D eigenvalue weighted by atomic mass is 9.97. The summed E-state index contributed by atoms with van der Waals surface area (Å²) in [7, 11) is 0. The predicted octanol–water partition coefficient (Wildman–Crippen LogP) is 5.96. The van der Waals surface area contributed by atoms with E-state index in [0.29, 0.717) is 33.6 Å². The number of hydrogen-bond donors (Lipinski definition) is 2. The van der Waals surface area contributed by atoms with E-state index in [1.165, 1.54) is 35.2 Å². The van der Waals surface area contributed by atoms with Crippen molar-refractivity contribution in [1.82, 2.24) is 9.97 Å². The highest BCUT2D eigenvalue weighted by Gasteiger charge is 2.27. The highest BCUT2D eigenvalue weighted by Crippen LogP contribution is 2.42. The lowest BCUT2D eigenvalue weighted by Crippen LogP contribution is -2.14. The number of pyridine rings is 1. The smallest absolute Gasteiger partial charge is 0.235 e. The third-order valence-corrected chi connectivity index (χ3v) is 6.75. The Morgan fingerprint density at radius 1 is 1.34 bits per heavy atom. The number of nitrogens with one attached hydrogen (secondary N) is 1. The second kappa shape index (κ2) is 9.96. The van der Waals surface area contributed by atoms with Crippen LogP contribution >= 0.6 is 23.1 Å². The van der Waals surface area contributed by atoms with Gasteiger partial charge in [-0.2, -0.15) is 5.26 Å². The zero-order chi connectivity index (χ0) is 22.5.